The Hall–Kier alpha value is -2.81. The van der Waals surface area contributed by atoms with Gasteiger partial charge in [0.15, 0.2) is 0 Å². The zero-order chi connectivity index (χ0) is 21.0. The average Bonchev–Trinajstić information content (AvgIpc) is 3.20. The van der Waals surface area contributed by atoms with Gasteiger partial charge in [-0.2, -0.15) is 0 Å². The lowest BCUT2D eigenvalue weighted by Gasteiger charge is -2.33. The molecule has 3 amide bonds. The lowest BCUT2D eigenvalue weighted by molar-refractivity contribution is -0.138. The fourth-order valence-electron chi connectivity index (χ4n) is 3.35. The fraction of sp³-hybridized carbons (Fsp3) is 0.350. The topological polar surface area (TPSA) is 69.7 Å². The van der Waals surface area contributed by atoms with Gasteiger partial charge in [0.2, 0.25) is 11.8 Å². The molecule has 154 valence electrons. The van der Waals surface area contributed by atoms with Crippen molar-refractivity contribution >= 4 is 34.7 Å². The second-order valence-electron chi connectivity index (χ2n) is 6.97. The largest absolute Gasteiger partial charge is 0.337 e. The molecule has 2 heterocycles. The van der Waals surface area contributed by atoms with Gasteiger partial charge in [-0.05, 0) is 36.4 Å². The highest BCUT2D eigenvalue weighted by molar-refractivity contribution is 7.12. The molecule has 29 heavy (non-hydrogen) atoms. The molecule has 0 spiro atoms. The number of likely N-dealkylation sites (tertiary alicyclic amines) is 1. The van der Waals surface area contributed by atoms with Crippen LogP contribution in [0.5, 0.6) is 0 Å². The van der Waals surface area contributed by atoms with E-state index in [4.69, 9.17) is 0 Å². The van der Waals surface area contributed by atoms with Crippen molar-refractivity contribution in [3.63, 3.8) is 0 Å². The Bertz CT molecular complexity index is 884. The number of amides is 3. The highest BCUT2D eigenvalue weighted by atomic mass is 32.1. The maximum Gasteiger partial charge on any atom is 0.263 e. The number of nitrogens with zero attached hydrogens (tertiary/aromatic N) is 2. The summed E-state index contributed by atoms with van der Waals surface area (Å²) in [4.78, 5) is 41.0. The summed E-state index contributed by atoms with van der Waals surface area (Å²) in [5.41, 5.74) is -0.0151. The van der Waals surface area contributed by atoms with Crippen LogP contribution in [0.15, 0.2) is 35.7 Å². The van der Waals surface area contributed by atoms with Gasteiger partial charge < -0.3 is 15.1 Å². The molecule has 1 aliphatic heterocycles. The van der Waals surface area contributed by atoms with E-state index in [0.717, 1.165) is 12.1 Å². The van der Waals surface area contributed by atoms with E-state index in [-0.39, 0.29) is 24.0 Å². The van der Waals surface area contributed by atoms with E-state index in [1.165, 1.54) is 23.3 Å². The molecule has 0 aliphatic carbocycles. The molecule has 1 atom stereocenters. The van der Waals surface area contributed by atoms with Gasteiger partial charge in [0, 0.05) is 31.9 Å². The number of halogens is 2. The number of hydrogen-bond donors (Lipinski definition) is 1. The monoisotopic (exact) mass is 421 g/mol. The summed E-state index contributed by atoms with van der Waals surface area (Å²) in [6, 6.07) is 6.26. The Labute approximate surface area is 171 Å². The van der Waals surface area contributed by atoms with Gasteiger partial charge in [-0.25, -0.2) is 8.78 Å². The van der Waals surface area contributed by atoms with Crippen LogP contribution in [0.4, 0.5) is 14.5 Å². The number of piperidine rings is 1. The highest BCUT2D eigenvalue weighted by Gasteiger charge is 2.31. The molecule has 1 saturated heterocycles. The third-order valence-corrected chi connectivity index (χ3v) is 5.55. The van der Waals surface area contributed by atoms with E-state index in [9.17, 15) is 23.2 Å². The molecule has 1 unspecified atom stereocenters. The van der Waals surface area contributed by atoms with Crippen LogP contribution in [0, 0.1) is 17.6 Å². The van der Waals surface area contributed by atoms with E-state index in [1.54, 1.807) is 17.0 Å². The van der Waals surface area contributed by atoms with Crippen LogP contribution >= 0.6 is 11.3 Å². The van der Waals surface area contributed by atoms with Crippen LogP contribution in [0.2, 0.25) is 0 Å². The SMILES string of the molecule is CN(CC(=O)Nc1cc(F)cc(F)c1)C(=O)C1CCCN(C(=O)c2cccs2)C1. The first-order valence-corrected chi connectivity index (χ1v) is 10.0. The van der Waals surface area contributed by atoms with E-state index >= 15 is 0 Å². The quantitative estimate of drug-likeness (QED) is 0.807. The highest BCUT2D eigenvalue weighted by Crippen LogP contribution is 2.22. The van der Waals surface area contributed by atoms with Crippen LogP contribution in [0.1, 0.15) is 22.5 Å². The molecule has 2 aromatic rings. The van der Waals surface area contributed by atoms with Crippen molar-refractivity contribution in [1.29, 1.82) is 0 Å². The first-order valence-electron chi connectivity index (χ1n) is 9.17. The number of nitrogens with one attached hydrogen (secondary N) is 1. The number of thiophene rings is 1. The second kappa shape index (κ2) is 9.13. The van der Waals surface area contributed by atoms with Gasteiger partial charge in [-0.15, -0.1) is 11.3 Å². The van der Waals surface area contributed by atoms with E-state index < -0.39 is 23.5 Å². The zero-order valence-electron chi connectivity index (χ0n) is 15.9. The number of carbonyl (C=O) groups is 3. The van der Waals surface area contributed by atoms with Crippen molar-refractivity contribution in [3.05, 3.63) is 52.2 Å². The van der Waals surface area contributed by atoms with Crippen LogP contribution < -0.4 is 5.32 Å². The van der Waals surface area contributed by atoms with Gasteiger partial charge in [0.1, 0.15) is 11.6 Å². The second-order valence-corrected chi connectivity index (χ2v) is 7.92. The molecular weight excluding hydrogens is 400 g/mol. The van der Waals surface area contributed by atoms with Crippen LogP contribution in [-0.2, 0) is 9.59 Å². The summed E-state index contributed by atoms with van der Waals surface area (Å²) in [5, 5.41) is 4.21. The van der Waals surface area contributed by atoms with E-state index in [0.29, 0.717) is 36.9 Å². The van der Waals surface area contributed by atoms with Crippen molar-refractivity contribution in [3.8, 4) is 0 Å². The number of benzene rings is 1. The third kappa shape index (κ3) is 5.38. The minimum Gasteiger partial charge on any atom is -0.337 e. The van der Waals surface area contributed by atoms with Crippen molar-refractivity contribution in [1.82, 2.24) is 9.80 Å². The predicted molar refractivity (Wildman–Crippen MR) is 106 cm³/mol. The summed E-state index contributed by atoms with van der Waals surface area (Å²) in [6.07, 6.45) is 1.34. The summed E-state index contributed by atoms with van der Waals surface area (Å²) in [7, 11) is 1.49. The van der Waals surface area contributed by atoms with Crippen LogP contribution in [-0.4, -0.2) is 54.2 Å². The van der Waals surface area contributed by atoms with Gasteiger partial charge in [-0.1, -0.05) is 6.07 Å². The molecule has 3 rings (SSSR count). The molecule has 1 aliphatic rings. The minimum atomic E-state index is -0.803. The number of rotatable bonds is 5. The number of likely N-dealkylation sites (N-methyl/N-ethyl adjacent to an activating group) is 1. The summed E-state index contributed by atoms with van der Waals surface area (Å²) in [5.74, 6) is -2.89. The molecule has 1 fully saturated rings. The Balaban J connectivity index is 1.56. The van der Waals surface area contributed by atoms with Crippen LogP contribution in [0.25, 0.3) is 0 Å². The van der Waals surface area contributed by atoms with E-state index in [1.807, 2.05) is 5.38 Å². The molecule has 6 nitrogen and oxygen atoms in total. The number of carbonyl (C=O) groups excluding carboxylic acids is 3. The van der Waals surface area contributed by atoms with Gasteiger partial charge in [0.25, 0.3) is 5.91 Å². The summed E-state index contributed by atoms with van der Waals surface area (Å²) >= 11 is 1.36. The van der Waals surface area contributed by atoms with Crippen molar-refractivity contribution < 1.29 is 23.2 Å². The van der Waals surface area contributed by atoms with E-state index in [2.05, 4.69) is 5.32 Å². The third-order valence-electron chi connectivity index (χ3n) is 4.69. The Morgan fingerprint density at radius 1 is 1.24 bits per heavy atom. The molecular formula is C20H21F2N3O3S. The summed E-state index contributed by atoms with van der Waals surface area (Å²) in [6.45, 7) is 0.638. The molecule has 1 aromatic carbocycles. The lowest BCUT2D eigenvalue weighted by atomic mass is 9.96. The van der Waals surface area contributed by atoms with Gasteiger partial charge >= 0.3 is 0 Å². The minimum absolute atomic E-state index is 0.0151. The van der Waals surface area contributed by atoms with Crippen molar-refractivity contribution in [2.45, 2.75) is 12.8 Å². The average molecular weight is 421 g/mol. The normalized spacial score (nSPS) is 16.4. The number of hydrogen-bond acceptors (Lipinski definition) is 4. The lowest BCUT2D eigenvalue weighted by Crippen LogP contribution is -2.47. The molecule has 1 N–H and O–H groups in total. The smallest absolute Gasteiger partial charge is 0.263 e. The van der Waals surface area contributed by atoms with Crippen molar-refractivity contribution in [2.24, 2.45) is 5.92 Å². The maximum absolute atomic E-state index is 13.2. The number of anilines is 1. The van der Waals surface area contributed by atoms with Gasteiger partial charge in [-0.3, -0.25) is 14.4 Å². The first kappa shape index (κ1) is 20.9. The van der Waals surface area contributed by atoms with Crippen molar-refractivity contribution in [2.75, 3.05) is 32.0 Å². The Morgan fingerprint density at radius 3 is 2.62 bits per heavy atom. The first-order chi connectivity index (χ1) is 13.8. The fourth-order valence-corrected chi connectivity index (χ4v) is 4.04. The van der Waals surface area contributed by atoms with Gasteiger partial charge in [0.05, 0.1) is 17.3 Å². The standard InChI is InChI=1S/C20H21F2N3O3S/c1-24(12-18(26)23-16-9-14(21)8-15(22)10-16)19(27)13-4-2-6-25(11-13)20(28)17-5-3-7-29-17/h3,5,7-10,13H,2,4,6,11-12H2,1H3,(H,23,26). The molecule has 0 saturated carbocycles. The molecule has 1 aromatic heterocycles. The Morgan fingerprint density at radius 2 is 1.97 bits per heavy atom. The zero-order valence-corrected chi connectivity index (χ0v) is 16.7. The molecule has 9 heteroatoms. The maximum atomic E-state index is 13.2. The van der Waals surface area contributed by atoms with Crippen LogP contribution in [0.3, 0.4) is 0 Å². The predicted octanol–water partition coefficient (Wildman–Crippen LogP) is 2.98. The summed E-state index contributed by atoms with van der Waals surface area (Å²) < 4.78 is 26.5. The Kier molecular flexibility index (Phi) is 6.58. The molecule has 0 radical (unpaired) electrons. The molecule has 0 bridgehead atoms.